The van der Waals surface area contributed by atoms with E-state index in [1.54, 1.807) is 39.8 Å². The number of nitrogens with two attached hydrogens (primary N) is 2. The van der Waals surface area contributed by atoms with Crippen molar-refractivity contribution in [1.82, 2.24) is 0 Å². The first-order valence-corrected chi connectivity index (χ1v) is 6.96. The van der Waals surface area contributed by atoms with E-state index in [9.17, 15) is 8.42 Å². The molecule has 4 nitrogen and oxygen atoms in total. The topological polar surface area (TPSA) is 86.2 Å². The summed E-state index contributed by atoms with van der Waals surface area (Å²) in [5, 5.41) is 0. The zero-order valence-corrected chi connectivity index (χ0v) is 11.4. The quantitative estimate of drug-likeness (QED) is 0.691. The summed E-state index contributed by atoms with van der Waals surface area (Å²) in [6, 6.07) is 3.38. The van der Waals surface area contributed by atoms with E-state index in [1.165, 1.54) is 0 Å². The molecule has 1 aliphatic heterocycles. The first kappa shape index (κ1) is 12.2. The largest absolute Gasteiger partial charge is 0.397 e. The fourth-order valence-electron chi connectivity index (χ4n) is 2.56. The van der Waals surface area contributed by atoms with Gasteiger partial charge in [0.05, 0.1) is 20.9 Å². The Morgan fingerprint density at radius 3 is 1.47 bits per heavy atom. The van der Waals surface area contributed by atoms with Gasteiger partial charge in [-0.15, -0.1) is 0 Å². The second-order valence-corrected chi connectivity index (χ2v) is 8.60. The Balaban J connectivity index is 2.93. The van der Waals surface area contributed by atoms with Crippen LogP contribution in [0.15, 0.2) is 12.1 Å². The van der Waals surface area contributed by atoms with Gasteiger partial charge in [-0.05, 0) is 51.0 Å². The standard InChI is InChI=1S/C12H18N2O2S/c1-11(2)7-5-9(13)10(14)6-8(7)12(3,4)17(11,15)16/h5-6H,13-14H2,1-4H3. The van der Waals surface area contributed by atoms with Gasteiger partial charge in [-0.2, -0.15) is 0 Å². The van der Waals surface area contributed by atoms with E-state index in [1.807, 2.05) is 0 Å². The molecule has 0 bridgehead atoms. The highest BCUT2D eigenvalue weighted by Gasteiger charge is 2.56. The number of rotatable bonds is 0. The summed E-state index contributed by atoms with van der Waals surface area (Å²) in [4.78, 5) is 0. The summed E-state index contributed by atoms with van der Waals surface area (Å²) in [6.45, 7) is 6.86. The van der Waals surface area contributed by atoms with Gasteiger partial charge in [0, 0.05) is 0 Å². The number of hydrogen-bond donors (Lipinski definition) is 2. The average Bonchev–Trinajstić information content (AvgIpc) is 2.28. The Morgan fingerprint density at radius 1 is 0.882 bits per heavy atom. The molecule has 0 saturated heterocycles. The molecule has 5 heteroatoms. The van der Waals surface area contributed by atoms with Crippen LogP contribution in [0.4, 0.5) is 11.4 Å². The van der Waals surface area contributed by atoms with Crippen LogP contribution in [0.3, 0.4) is 0 Å². The van der Waals surface area contributed by atoms with Crippen LogP contribution in [0.25, 0.3) is 0 Å². The van der Waals surface area contributed by atoms with Gasteiger partial charge in [-0.25, -0.2) is 8.42 Å². The average molecular weight is 254 g/mol. The smallest absolute Gasteiger partial charge is 0.168 e. The molecule has 0 radical (unpaired) electrons. The van der Waals surface area contributed by atoms with Crippen LogP contribution >= 0.6 is 0 Å². The number of anilines is 2. The van der Waals surface area contributed by atoms with Crippen molar-refractivity contribution < 1.29 is 8.42 Å². The van der Waals surface area contributed by atoms with E-state index in [-0.39, 0.29) is 0 Å². The molecule has 0 fully saturated rings. The number of benzene rings is 1. The molecule has 0 saturated carbocycles. The lowest BCUT2D eigenvalue weighted by Gasteiger charge is -2.24. The van der Waals surface area contributed by atoms with Crippen molar-refractivity contribution in [1.29, 1.82) is 0 Å². The van der Waals surface area contributed by atoms with Crippen molar-refractivity contribution in [2.75, 3.05) is 11.5 Å². The SMILES string of the molecule is CC1(C)c2cc(N)c(N)cc2C(C)(C)S1(=O)=O. The summed E-state index contributed by atoms with van der Waals surface area (Å²) in [5.41, 5.74) is 13.9. The summed E-state index contributed by atoms with van der Waals surface area (Å²) in [7, 11) is -3.31. The van der Waals surface area contributed by atoms with Crippen LogP contribution < -0.4 is 11.5 Å². The van der Waals surface area contributed by atoms with Crippen molar-refractivity contribution in [3.63, 3.8) is 0 Å². The maximum atomic E-state index is 12.5. The van der Waals surface area contributed by atoms with Crippen LogP contribution in [0, 0.1) is 0 Å². The maximum Gasteiger partial charge on any atom is 0.168 e. The fraction of sp³-hybridized carbons (Fsp3) is 0.500. The third kappa shape index (κ3) is 1.20. The predicted octanol–water partition coefficient (Wildman–Crippen LogP) is 1.75. The van der Waals surface area contributed by atoms with E-state index in [0.717, 1.165) is 11.1 Å². The molecular weight excluding hydrogens is 236 g/mol. The van der Waals surface area contributed by atoms with Crippen molar-refractivity contribution in [2.45, 2.75) is 37.2 Å². The highest BCUT2D eigenvalue weighted by molar-refractivity contribution is 7.93. The number of hydrogen-bond acceptors (Lipinski definition) is 4. The van der Waals surface area contributed by atoms with Crippen LogP contribution in [-0.2, 0) is 19.3 Å². The van der Waals surface area contributed by atoms with Gasteiger partial charge in [-0.1, -0.05) is 0 Å². The molecule has 4 N–H and O–H groups in total. The van der Waals surface area contributed by atoms with Crippen molar-refractivity contribution in [3.8, 4) is 0 Å². The molecule has 0 unspecified atom stereocenters. The Kier molecular flexibility index (Phi) is 2.13. The fourth-order valence-corrected chi connectivity index (χ4v) is 4.75. The van der Waals surface area contributed by atoms with Crippen LogP contribution in [-0.4, -0.2) is 8.42 Å². The zero-order chi connectivity index (χ0) is 13.2. The Bertz CT molecular complexity index is 554. The summed E-state index contributed by atoms with van der Waals surface area (Å²) in [5.74, 6) is 0. The number of sulfone groups is 1. The zero-order valence-electron chi connectivity index (χ0n) is 10.5. The molecule has 1 heterocycles. The molecule has 0 amide bonds. The van der Waals surface area contributed by atoms with Gasteiger partial charge < -0.3 is 11.5 Å². The highest BCUT2D eigenvalue weighted by Crippen LogP contribution is 2.53. The predicted molar refractivity (Wildman–Crippen MR) is 70.2 cm³/mol. The minimum absolute atomic E-state index is 0.435. The molecule has 17 heavy (non-hydrogen) atoms. The molecule has 0 aromatic heterocycles. The van der Waals surface area contributed by atoms with Crippen molar-refractivity contribution in [3.05, 3.63) is 23.3 Å². The summed E-state index contributed by atoms with van der Waals surface area (Å²) >= 11 is 0. The second kappa shape index (κ2) is 2.96. The first-order valence-electron chi connectivity index (χ1n) is 5.47. The molecule has 1 aliphatic rings. The number of fused-ring (bicyclic) bond motifs is 1. The monoisotopic (exact) mass is 254 g/mol. The molecule has 0 spiro atoms. The summed E-state index contributed by atoms with van der Waals surface area (Å²) in [6.07, 6.45) is 0. The van der Waals surface area contributed by atoms with Crippen LogP contribution in [0.2, 0.25) is 0 Å². The van der Waals surface area contributed by atoms with Gasteiger partial charge in [0.1, 0.15) is 0 Å². The molecule has 0 aliphatic carbocycles. The Hall–Kier alpha value is -1.23. The molecule has 1 aromatic carbocycles. The lowest BCUT2D eigenvalue weighted by atomic mass is 9.89. The molecule has 0 atom stereocenters. The lowest BCUT2D eigenvalue weighted by molar-refractivity contribution is 0.536. The highest BCUT2D eigenvalue weighted by atomic mass is 32.2. The molecular formula is C12H18N2O2S. The summed E-state index contributed by atoms with van der Waals surface area (Å²) < 4.78 is 23.2. The molecule has 1 aromatic rings. The number of nitrogen functional groups attached to an aromatic ring is 2. The van der Waals surface area contributed by atoms with Crippen LogP contribution in [0.1, 0.15) is 38.8 Å². The minimum atomic E-state index is -3.31. The second-order valence-electron chi connectivity index (χ2n) is 5.55. The van der Waals surface area contributed by atoms with E-state index < -0.39 is 19.3 Å². The first-order chi connectivity index (χ1) is 7.53. The van der Waals surface area contributed by atoms with Gasteiger partial charge in [-0.3, -0.25) is 0 Å². The van der Waals surface area contributed by atoms with E-state index in [2.05, 4.69) is 0 Å². The van der Waals surface area contributed by atoms with Gasteiger partial charge in [0.2, 0.25) is 0 Å². The Labute approximate surface area is 102 Å². The molecule has 94 valence electrons. The molecule has 2 rings (SSSR count). The van der Waals surface area contributed by atoms with Gasteiger partial charge in [0.15, 0.2) is 9.84 Å². The maximum absolute atomic E-state index is 12.5. The normalized spacial score (nSPS) is 23.3. The third-order valence-electron chi connectivity index (χ3n) is 3.86. The van der Waals surface area contributed by atoms with Crippen LogP contribution in [0.5, 0.6) is 0 Å². The van der Waals surface area contributed by atoms with E-state index >= 15 is 0 Å². The van der Waals surface area contributed by atoms with E-state index in [4.69, 9.17) is 11.5 Å². The minimum Gasteiger partial charge on any atom is -0.397 e. The van der Waals surface area contributed by atoms with Gasteiger partial charge >= 0.3 is 0 Å². The lowest BCUT2D eigenvalue weighted by Crippen LogP contribution is -2.33. The van der Waals surface area contributed by atoms with Crippen molar-refractivity contribution in [2.24, 2.45) is 0 Å². The van der Waals surface area contributed by atoms with E-state index in [0.29, 0.717) is 11.4 Å². The third-order valence-corrected chi connectivity index (χ3v) is 6.99. The van der Waals surface area contributed by atoms with Crippen molar-refractivity contribution >= 4 is 21.2 Å². The Morgan fingerprint density at radius 2 is 1.18 bits per heavy atom. The van der Waals surface area contributed by atoms with Gasteiger partial charge in [0.25, 0.3) is 0 Å².